The minimum Gasteiger partial charge on any atom is -0.481 e. The predicted molar refractivity (Wildman–Crippen MR) is 78.7 cm³/mol. The Kier molecular flexibility index (Phi) is 7.79. The summed E-state index contributed by atoms with van der Waals surface area (Å²) in [5.74, 6) is -0.741. The molecule has 21 heavy (non-hydrogen) atoms. The van der Waals surface area contributed by atoms with Crippen molar-refractivity contribution < 1.29 is 19.5 Å². The minimum absolute atomic E-state index is 0.0641. The average molecular weight is 298 g/mol. The van der Waals surface area contributed by atoms with Gasteiger partial charge < -0.3 is 15.7 Å². The molecule has 0 saturated heterocycles. The fraction of sp³-hybridized carbons (Fsp3) is 0.800. The monoisotopic (exact) mass is 298 g/mol. The SMILES string of the molecule is CC(CC(=O)NCCCCC(=O)O)NC(=O)C1CCCC1. The summed E-state index contributed by atoms with van der Waals surface area (Å²) in [6, 6.07) is -0.169. The van der Waals surface area contributed by atoms with Gasteiger partial charge in [0.15, 0.2) is 0 Å². The third kappa shape index (κ3) is 7.68. The molecule has 1 aliphatic carbocycles. The molecular weight excluding hydrogens is 272 g/mol. The van der Waals surface area contributed by atoms with E-state index in [1.54, 1.807) is 0 Å². The van der Waals surface area contributed by atoms with E-state index in [0.29, 0.717) is 19.4 Å². The van der Waals surface area contributed by atoms with E-state index in [2.05, 4.69) is 10.6 Å². The lowest BCUT2D eigenvalue weighted by atomic mass is 10.1. The molecule has 1 atom stereocenters. The van der Waals surface area contributed by atoms with Gasteiger partial charge in [-0.15, -0.1) is 0 Å². The van der Waals surface area contributed by atoms with E-state index in [4.69, 9.17) is 5.11 Å². The Hall–Kier alpha value is -1.59. The van der Waals surface area contributed by atoms with E-state index in [1.807, 2.05) is 6.92 Å². The second kappa shape index (κ2) is 9.37. The van der Waals surface area contributed by atoms with Crippen molar-refractivity contribution in [3.8, 4) is 0 Å². The summed E-state index contributed by atoms with van der Waals surface area (Å²) >= 11 is 0. The van der Waals surface area contributed by atoms with Gasteiger partial charge in [-0.25, -0.2) is 0 Å². The molecule has 0 spiro atoms. The number of amides is 2. The van der Waals surface area contributed by atoms with Crippen LogP contribution in [0, 0.1) is 5.92 Å². The van der Waals surface area contributed by atoms with Crippen LogP contribution in [0.25, 0.3) is 0 Å². The van der Waals surface area contributed by atoms with Crippen LogP contribution >= 0.6 is 0 Å². The van der Waals surface area contributed by atoms with Gasteiger partial charge in [0.05, 0.1) is 0 Å². The first-order valence-electron chi connectivity index (χ1n) is 7.78. The number of hydrogen-bond acceptors (Lipinski definition) is 3. The largest absolute Gasteiger partial charge is 0.481 e. The Morgan fingerprint density at radius 1 is 1.19 bits per heavy atom. The smallest absolute Gasteiger partial charge is 0.303 e. The lowest BCUT2D eigenvalue weighted by Crippen LogP contribution is -2.40. The molecule has 0 radical (unpaired) electrons. The molecule has 6 nitrogen and oxygen atoms in total. The lowest BCUT2D eigenvalue weighted by molar-refractivity contribution is -0.137. The molecule has 0 aromatic carbocycles. The van der Waals surface area contributed by atoms with Crippen molar-refractivity contribution in [3.63, 3.8) is 0 Å². The van der Waals surface area contributed by atoms with Gasteiger partial charge in [0.1, 0.15) is 0 Å². The minimum atomic E-state index is -0.815. The first kappa shape index (κ1) is 17.5. The summed E-state index contributed by atoms with van der Waals surface area (Å²) in [4.78, 5) is 33.9. The maximum atomic E-state index is 11.9. The summed E-state index contributed by atoms with van der Waals surface area (Å²) in [6.45, 7) is 2.31. The number of nitrogens with one attached hydrogen (secondary N) is 2. The Bertz CT molecular complexity index is 365. The van der Waals surface area contributed by atoms with Gasteiger partial charge in [-0.2, -0.15) is 0 Å². The summed E-state index contributed by atoms with van der Waals surface area (Å²) < 4.78 is 0. The summed E-state index contributed by atoms with van der Waals surface area (Å²) in [7, 11) is 0. The van der Waals surface area contributed by atoms with Crippen LogP contribution in [0.15, 0.2) is 0 Å². The molecule has 3 N–H and O–H groups in total. The molecule has 0 aromatic heterocycles. The highest BCUT2D eigenvalue weighted by Crippen LogP contribution is 2.24. The van der Waals surface area contributed by atoms with Crippen LogP contribution in [0.4, 0.5) is 0 Å². The number of carbonyl (C=O) groups excluding carboxylic acids is 2. The number of unbranched alkanes of at least 4 members (excludes halogenated alkanes) is 1. The van der Waals surface area contributed by atoms with Gasteiger partial charge in [-0.3, -0.25) is 14.4 Å². The van der Waals surface area contributed by atoms with Crippen LogP contribution in [0.3, 0.4) is 0 Å². The molecule has 1 aliphatic rings. The number of hydrogen-bond donors (Lipinski definition) is 3. The molecule has 6 heteroatoms. The van der Waals surface area contributed by atoms with Gasteiger partial charge in [-0.1, -0.05) is 12.8 Å². The average Bonchev–Trinajstić information content (AvgIpc) is 2.91. The van der Waals surface area contributed by atoms with Crippen LogP contribution in [-0.2, 0) is 14.4 Å². The zero-order chi connectivity index (χ0) is 15.7. The van der Waals surface area contributed by atoms with Crippen molar-refractivity contribution in [2.45, 2.75) is 64.3 Å². The molecule has 0 aromatic rings. The van der Waals surface area contributed by atoms with E-state index in [0.717, 1.165) is 25.7 Å². The standard InChI is InChI=1S/C15H26N2O4/c1-11(17-15(21)12-6-2-3-7-12)10-13(18)16-9-5-4-8-14(19)20/h11-12H,2-10H2,1H3,(H,16,18)(H,17,21)(H,19,20). The van der Waals surface area contributed by atoms with E-state index in [9.17, 15) is 14.4 Å². The van der Waals surface area contributed by atoms with Crippen molar-refractivity contribution in [1.82, 2.24) is 10.6 Å². The van der Waals surface area contributed by atoms with Crippen LogP contribution in [0.5, 0.6) is 0 Å². The third-order valence-electron chi connectivity index (χ3n) is 3.75. The Morgan fingerprint density at radius 2 is 1.86 bits per heavy atom. The Labute approximate surface area is 125 Å². The van der Waals surface area contributed by atoms with Gasteiger partial charge >= 0.3 is 5.97 Å². The van der Waals surface area contributed by atoms with E-state index in [1.165, 1.54) is 0 Å². The van der Waals surface area contributed by atoms with Gasteiger partial charge in [-0.05, 0) is 32.6 Å². The first-order chi connectivity index (χ1) is 9.99. The molecule has 0 aliphatic heterocycles. The summed E-state index contributed by atoms with van der Waals surface area (Å²) in [5, 5.41) is 14.1. The molecule has 0 bridgehead atoms. The third-order valence-corrected chi connectivity index (χ3v) is 3.75. The molecule has 0 heterocycles. The highest BCUT2D eigenvalue weighted by Gasteiger charge is 2.24. The summed E-state index contributed by atoms with van der Waals surface area (Å²) in [6.07, 6.45) is 5.74. The predicted octanol–water partition coefficient (Wildman–Crippen LogP) is 1.44. The molecule has 1 saturated carbocycles. The van der Waals surface area contributed by atoms with E-state index < -0.39 is 5.97 Å². The van der Waals surface area contributed by atoms with Gasteiger partial charge in [0, 0.05) is 31.3 Å². The van der Waals surface area contributed by atoms with Crippen LogP contribution in [0.2, 0.25) is 0 Å². The number of aliphatic carboxylic acids is 1. The quantitative estimate of drug-likeness (QED) is 0.561. The number of carbonyl (C=O) groups is 3. The second-order valence-electron chi connectivity index (χ2n) is 5.80. The van der Waals surface area contributed by atoms with Gasteiger partial charge in [0.25, 0.3) is 0 Å². The number of rotatable bonds is 9. The van der Waals surface area contributed by atoms with E-state index >= 15 is 0 Å². The van der Waals surface area contributed by atoms with Crippen LogP contribution in [0.1, 0.15) is 58.3 Å². The molecular formula is C15H26N2O4. The van der Waals surface area contributed by atoms with E-state index in [-0.39, 0.29) is 36.6 Å². The van der Waals surface area contributed by atoms with Crippen LogP contribution in [-0.4, -0.2) is 35.5 Å². The van der Waals surface area contributed by atoms with Gasteiger partial charge in [0.2, 0.25) is 11.8 Å². The highest BCUT2D eigenvalue weighted by atomic mass is 16.4. The number of carboxylic acids is 1. The zero-order valence-corrected chi connectivity index (χ0v) is 12.7. The van der Waals surface area contributed by atoms with Crippen molar-refractivity contribution in [3.05, 3.63) is 0 Å². The first-order valence-corrected chi connectivity index (χ1v) is 7.78. The van der Waals surface area contributed by atoms with Crippen molar-refractivity contribution in [2.75, 3.05) is 6.54 Å². The second-order valence-corrected chi connectivity index (χ2v) is 5.80. The van der Waals surface area contributed by atoms with Crippen molar-refractivity contribution in [1.29, 1.82) is 0 Å². The summed E-state index contributed by atoms with van der Waals surface area (Å²) in [5.41, 5.74) is 0. The Balaban J connectivity index is 2.09. The molecule has 1 rings (SSSR count). The normalized spacial score (nSPS) is 16.4. The zero-order valence-electron chi connectivity index (χ0n) is 12.7. The van der Waals surface area contributed by atoms with Crippen LogP contribution < -0.4 is 10.6 Å². The molecule has 2 amide bonds. The Morgan fingerprint density at radius 3 is 2.48 bits per heavy atom. The fourth-order valence-electron chi connectivity index (χ4n) is 2.58. The molecule has 120 valence electrons. The lowest BCUT2D eigenvalue weighted by Gasteiger charge is -2.16. The van der Waals surface area contributed by atoms with Crippen molar-refractivity contribution >= 4 is 17.8 Å². The topological polar surface area (TPSA) is 95.5 Å². The number of carboxylic acid groups (broad SMARTS) is 1. The molecule has 1 unspecified atom stereocenters. The van der Waals surface area contributed by atoms with Crippen molar-refractivity contribution in [2.24, 2.45) is 5.92 Å². The maximum Gasteiger partial charge on any atom is 0.303 e. The molecule has 1 fully saturated rings. The fourth-order valence-corrected chi connectivity index (χ4v) is 2.58. The maximum absolute atomic E-state index is 11.9. The highest BCUT2D eigenvalue weighted by molar-refractivity contribution is 5.81.